The summed E-state index contributed by atoms with van der Waals surface area (Å²) in [5.74, 6) is -0.687. The fourth-order valence-electron chi connectivity index (χ4n) is 1.70. The summed E-state index contributed by atoms with van der Waals surface area (Å²) in [5, 5.41) is 2.43. The van der Waals surface area contributed by atoms with Crippen LogP contribution in [0, 0.1) is 5.82 Å². The van der Waals surface area contributed by atoms with E-state index >= 15 is 0 Å². The topological polar surface area (TPSA) is 29.1 Å². The third-order valence-corrected chi connectivity index (χ3v) is 3.80. The summed E-state index contributed by atoms with van der Waals surface area (Å²) >= 11 is 9.26. The van der Waals surface area contributed by atoms with Crippen LogP contribution in [-0.4, -0.2) is 12.5 Å². The first kappa shape index (κ1) is 15.0. The van der Waals surface area contributed by atoms with Crippen LogP contribution in [0.3, 0.4) is 0 Å². The van der Waals surface area contributed by atoms with E-state index in [-0.39, 0.29) is 15.8 Å². The molecule has 104 valence electrons. The lowest BCUT2D eigenvalue weighted by atomic mass is 10.1. The fraction of sp³-hybridized carbons (Fsp3) is 0.133. The molecule has 0 spiro atoms. The van der Waals surface area contributed by atoms with Gasteiger partial charge in [0.25, 0.3) is 5.91 Å². The lowest BCUT2D eigenvalue weighted by molar-refractivity contribution is 0.0953. The predicted molar refractivity (Wildman–Crippen MR) is 81.5 cm³/mol. The van der Waals surface area contributed by atoms with Gasteiger partial charge >= 0.3 is 0 Å². The van der Waals surface area contributed by atoms with E-state index in [1.165, 1.54) is 18.2 Å². The maximum atomic E-state index is 13.1. The van der Waals surface area contributed by atoms with Gasteiger partial charge in [-0.1, -0.05) is 30.3 Å². The summed E-state index contributed by atoms with van der Waals surface area (Å²) in [5.41, 5.74) is 1.32. The number of carbonyl (C=O) groups is 1. The normalized spacial score (nSPS) is 11.9. The third-order valence-electron chi connectivity index (χ3n) is 2.78. The maximum Gasteiger partial charge on any atom is 0.251 e. The van der Waals surface area contributed by atoms with Crippen LogP contribution in [-0.2, 0) is 0 Å². The van der Waals surface area contributed by atoms with Crippen molar-refractivity contribution in [2.75, 3.05) is 6.54 Å². The van der Waals surface area contributed by atoms with Crippen molar-refractivity contribution in [3.63, 3.8) is 0 Å². The molecule has 0 saturated heterocycles. The highest BCUT2D eigenvalue weighted by Gasteiger charge is 2.12. The highest BCUT2D eigenvalue weighted by Crippen LogP contribution is 2.20. The Morgan fingerprint density at radius 1 is 1.25 bits per heavy atom. The van der Waals surface area contributed by atoms with E-state index in [1.54, 1.807) is 0 Å². The zero-order valence-electron chi connectivity index (χ0n) is 10.4. The minimum Gasteiger partial charge on any atom is -0.350 e. The molecule has 0 bridgehead atoms. The Kier molecular flexibility index (Phi) is 5.15. The Balaban J connectivity index is 1.97. The van der Waals surface area contributed by atoms with Gasteiger partial charge in [0.1, 0.15) is 5.82 Å². The van der Waals surface area contributed by atoms with Crippen LogP contribution in [0.2, 0.25) is 0 Å². The molecule has 0 fully saturated rings. The van der Waals surface area contributed by atoms with E-state index in [0.29, 0.717) is 12.1 Å². The number of amides is 1. The Morgan fingerprint density at radius 2 is 1.95 bits per heavy atom. The maximum absolute atomic E-state index is 13.1. The largest absolute Gasteiger partial charge is 0.350 e. The summed E-state index contributed by atoms with van der Waals surface area (Å²) < 4.78 is 13.4. The highest BCUT2D eigenvalue weighted by molar-refractivity contribution is 9.10. The van der Waals surface area contributed by atoms with Crippen molar-refractivity contribution in [3.05, 3.63) is 69.9 Å². The quantitative estimate of drug-likeness (QED) is 0.813. The molecular weight excluding hydrogens is 345 g/mol. The minimum atomic E-state index is -0.402. The Labute approximate surface area is 130 Å². The molecule has 0 heterocycles. The molecule has 1 amide bonds. The van der Waals surface area contributed by atoms with Crippen LogP contribution in [0.5, 0.6) is 0 Å². The van der Waals surface area contributed by atoms with Gasteiger partial charge in [-0.25, -0.2) is 4.39 Å². The van der Waals surface area contributed by atoms with Crippen LogP contribution in [0.4, 0.5) is 4.39 Å². The number of benzene rings is 2. The first-order valence-corrected chi connectivity index (χ1v) is 7.23. The van der Waals surface area contributed by atoms with Gasteiger partial charge in [-0.3, -0.25) is 4.79 Å². The standard InChI is InChI=1S/C15H12BrClFNO/c16-12-8-11(6-7-14(12)18)15(20)19-9-13(17)10-4-2-1-3-5-10/h1-8,13H,9H2,(H,19,20). The summed E-state index contributed by atoms with van der Waals surface area (Å²) in [7, 11) is 0. The van der Waals surface area contributed by atoms with Crippen LogP contribution in [0.1, 0.15) is 21.3 Å². The first-order chi connectivity index (χ1) is 9.58. The number of hydrogen-bond acceptors (Lipinski definition) is 1. The van der Waals surface area contributed by atoms with Crippen LogP contribution < -0.4 is 5.32 Å². The molecule has 20 heavy (non-hydrogen) atoms. The van der Waals surface area contributed by atoms with E-state index in [0.717, 1.165) is 5.56 Å². The molecule has 1 atom stereocenters. The number of alkyl halides is 1. The molecular formula is C15H12BrClFNO. The second-order valence-corrected chi connectivity index (χ2v) is 5.60. The van der Waals surface area contributed by atoms with Crippen molar-refractivity contribution in [2.24, 2.45) is 0 Å². The second-order valence-electron chi connectivity index (χ2n) is 4.22. The molecule has 2 aromatic rings. The SMILES string of the molecule is O=C(NCC(Cl)c1ccccc1)c1ccc(F)c(Br)c1. The van der Waals surface area contributed by atoms with Crippen LogP contribution >= 0.6 is 27.5 Å². The average Bonchev–Trinajstić information content (AvgIpc) is 2.48. The van der Waals surface area contributed by atoms with Gasteiger partial charge in [0.15, 0.2) is 0 Å². The van der Waals surface area contributed by atoms with E-state index in [4.69, 9.17) is 11.6 Å². The van der Waals surface area contributed by atoms with E-state index in [1.807, 2.05) is 30.3 Å². The molecule has 1 N–H and O–H groups in total. The number of nitrogens with one attached hydrogen (secondary N) is 1. The molecule has 5 heteroatoms. The van der Waals surface area contributed by atoms with Gasteiger partial charge in [-0.05, 0) is 39.7 Å². The van der Waals surface area contributed by atoms with Crippen molar-refractivity contribution >= 4 is 33.4 Å². The number of rotatable bonds is 4. The lowest BCUT2D eigenvalue weighted by Crippen LogP contribution is -2.26. The van der Waals surface area contributed by atoms with Crippen molar-refractivity contribution < 1.29 is 9.18 Å². The zero-order valence-corrected chi connectivity index (χ0v) is 12.8. The summed E-state index contributed by atoms with van der Waals surface area (Å²) in [6, 6.07) is 13.6. The molecule has 0 radical (unpaired) electrons. The van der Waals surface area contributed by atoms with Crippen molar-refractivity contribution in [1.82, 2.24) is 5.32 Å². The van der Waals surface area contributed by atoms with Gasteiger partial charge in [0.2, 0.25) is 0 Å². The Morgan fingerprint density at radius 3 is 2.60 bits per heavy atom. The van der Waals surface area contributed by atoms with Gasteiger partial charge in [0.05, 0.1) is 9.85 Å². The molecule has 2 nitrogen and oxygen atoms in total. The predicted octanol–water partition coefficient (Wildman–Crippen LogP) is 4.30. The summed E-state index contributed by atoms with van der Waals surface area (Å²) in [4.78, 5) is 11.9. The fourth-order valence-corrected chi connectivity index (χ4v) is 2.30. The van der Waals surface area contributed by atoms with E-state index < -0.39 is 5.82 Å². The zero-order chi connectivity index (χ0) is 14.5. The molecule has 2 aromatic carbocycles. The van der Waals surface area contributed by atoms with Crippen molar-refractivity contribution in [1.29, 1.82) is 0 Å². The van der Waals surface area contributed by atoms with Crippen molar-refractivity contribution in [3.8, 4) is 0 Å². The van der Waals surface area contributed by atoms with E-state index in [2.05, 4.69) is 21.2 Å². The van der Waals surface area contributed by atoms with Gasteiger partial charge in [-0.15, -0.1) is 11.6 Å². The Hall–Kier alpha value is -1.39. The van der Waals surface area contributed by atoms with Gasteiger partial charge in [-0.2, -0.15) is 0 Å². The van der Waals surface area contributed by atoms with Crippen molar-refractivity contribution in [2.45, 2.75) is 5.38 Å². The smallest absolute Gasteiger partial charge is 0.251 e. The summed E-state index contributed by atoms with van der Waals surface area (Å²) in [6.07, 6.45) is 0. The first-order valence-electron chi connectivity index (χ1n) is 6.00. The number of halogens is 3. The van der Waals surface area contributed by atoms with Crippen LogP contribution in [0.25, 0.3) is 0 Å². The molecule has 0 saturated carbocycles. The molecule has 0 aromatic heterocycles. The summed E-state index contributed by atoms with van der Waals surface area (Å²) in [6.45, 7) is 0.305. The molecule has 1 unspecified atom stereocenters. The minimum absolute atomic E-state index is 0.260. The lowest BCUT2D eigenvalue weighted by Gasteiger charge is -2.11. The van der Waals surface area contributed by atoms with Crippen LogP contribution in [0.15, 0.2) is 53.0 Å². The Bertz CT molecular complexity index is 606. The molecule has 0 aliphatic heterocycles. The van der Waals surface area contributed by atoms with Gasteiger partial charge in [0, 0.05) is 12.1 Å². The van der Waals surface area contributed by atoms with E-state index in [9.17, 15) is 9.18 Å². The monoisotopic (exact) mass is 355 g/mol. The molecule has 2 rings (SSSR count). The highest BCUT2D eigenvalue weighted by atomic mass is 79.9. The second kappa shape index (κ2) is 6.86. The molecule has 0 aliphatic carbocycles. The van der Waals surface area contributed by atoms with Gasteiger partial charge < -0.3 is 5.32 Å². The number of hydrogen-bond donors (Lipinski definition) is 1. The average molecular weight is 357 g/mol. The number of carbonyl (C=O) groups excluding carboxylic acids is 1. The molecule has 0 aliphatic rings. The third kappa shape index (κ3) is 3.81.